The fourth-order valence-electron chi connectivity index (χ4n) is 5.42. The van der Waals surface area contributed by atoms with E-state index >= 15 is 0 Å². The van der Waals surface area contributed by atoms with Crippen LogP contribution in [0.5, 0.6) is 5.75 Å². The first kappa shape index (κ1) is 31.3. The van der Waals surface area contributed by atoms with Crippen LogP contribution in [0.2, 0.25) is 0 Å². The van der Waals surface area contributed by atoms with Gasteiger partial charge in [-0.1, -0.05) is 6.92 Å². The van der Waals surface area contributed by atoms with Gasteiger partial charge in [0.25, 0.3) is 0 Å². The SMILES string of the molecule is CCSO.Cc1cnnc(C)c1[C@@H](C)Oc1ccc(N)c(C(=N)c2ccc(N3CC4(CCCNC4)C3)nc2)c1.O.[HH]. The fraction of sp³-hybridized carbons (Fsp3) is 0.448. The smallest absolute Gasteiger partial charge is 0.128 e. The minimum absolute atomic E-state index is 0. The summed E-state index contributed by atoms with van der Waals surface area (Å²) in [5, 5.41) is 20.5. The molecular weight excluding hydrogens is 526 g/mol. The van der Waals surface area contributed by atoms with E-state index in [9.17, 15) is 0 Å². The average molecular weight is 570 g/mol. The Kier molecular flexibility index (Phi) is 10.9. The Morgan fingerprint density at radius 1 is 1.27 bits per heavy atom. The summed E-state index contributed by atoms with van der Waals surface area (Å²) in [6, 6.07) is 9.42. The summed E-state index contributed by atoms with van der Waals surface area (Å²) in [7, 11) is 0. The van der Waals surface area contributed by atoms with Crippen LogP contribution in [-0.4, -0.2) is 62.9 Å². The fourth-order valence-corrected chi connectivity index (χ4v) is 5.42. The third-order valence-electron chi connectivity index (χ3n) is 7.39. The summed E-state index contributed by atoms with van der Waals surface area (Å²) in [4.78, 5) is 6.99. The maximum absolute atomic E-state index is 8.80. The van der Waals surface area contributed by atoms with Gasteiger partial charge in [-0.2, -0.15) is 10.2 Å². The van der Waals surface area contributed by atoms with E-state index in [0.717, 1.165) is 72.2 Å². The zero-order valence-electron chi connectivity index (χ0n) is 23.7. The first-order chi connectivity index (χ1) is 18.8. The van der Waals surface area contributed by atoms with Crippen LogP contribution in [-0.2, 0) is 0 Å². The molecule has 5 rings (SSSR count). The van der Waals surface area contributed by atoms with Gasteiger partial charge >= 0.3 is 0 Å². The normalized spacial score (nSPS) is 16.2. The highest BCUT2D eigenvalue weighted by Crippen LogP contribution is 2.38. The highest BCUT2D eigenvalue weighted by atomic mass is 32.2. The molecule has 10 nitrogen and oxygen atoms in total. The summed E-state index contributed by atoms with van der Waals surface area (Å²) in [5.74, 6) is 2.41. The zero-order chi connectivity index (χ0) is 28.0. The molecule has 0 unspecified atom stereocenters. The molecule has 2 aliphatic heterocycles. The number of piperidine rings is 1. The lowest BCUT2D eigenvalue weighted by atomic mass is 9.74. The number of hydrogen-bond donors (Lipinski definition) is 4. The third-order valence-corrected chi connectivity index (χ3v) is 7.65. The van der Waals surface area contributed by atoms with Crippen LogP contribution < -0.4 is 20.7 Å². The zero-order valence-corrected chi connectivity index (χ0v) is 24.5. The molecule has 4 heterocycles. The minimum atomic E-state index is -0.212. The van der Waals surface area contributed by atoms with Crippen molar-refractivity contribution in [3.63, 3.8) is 0 Å². The quantitative estimate of drug-likeness (QED) is 0.183. The number of pyridine rings is 1. The lowest BCUT2D eigenvalue weighted by molar-refractivity contribution is 0.156. The second kappa shape index (κ2) is 13.9. The molecule has 2 fully saturated rings. The van der Waals surface area contributed by atoms with Crippen LogP contribution in [0.3, 0.4) is 0 Å². The molecule has 0 amide bonds. The van der Waals surface area contributed by atoms with E-state index in [4.69, 9.17) is 20.4 Å². The van der Waals surface area contributed by atoms with Crippen LogP contribution >= 0.6 is 12.0 Å². The minimum Gasteiger partial charge on any atom is -0.486 e. The van der Waals surface area contributed by atoms with Crippen LogP contribution in [0.1, 0.15) is 62.2 Å². The molecule has 1 aromatic carbocycles. The van der Waals surface area contributed by atoms with Crippen molar-refractivity contribution in [3.8, 4) is 5.75 Å². The number of nitrogens with one attached hydrogen (secondary N) is 2. The first-order valence-electron chi connectivity index (χ1n) is 13.4. The monoisotopic (exact) mass is 569 g/mol. The number of aryl methyl sites for hydroxylation is 2. The molecule has 3 aromatic rings. The van der Waals surface area contributed by atoms with Crippen molar-refractivity contribution in [1.82, 2.24) is 20.5 Å². The lowest BCUT2D eigenvalue weighted by Gasteiger charge is -2.53. The number of nitrogen functional groups attached to an aromatic ring is 1. The van der Waals surface area contributed by atoms with Crippen molar-refractivity contribution < 1.29 is 16.2 Å². The average Bonchev–Trinajstić information content (AvgIpc) is 2.93. The van der Waals surface area contributed by atoms with Gasteiger partial charge in [0.15, 0.2) is 0 Å². The van der Waals surface area contributed by atoms with Crippen molar-refractivity contribution in [2.24, 2.45) is 5.41 Å². The molecule has 218 valence electrons. The standard InChI is InChI=1S/C27H33N7O.C2H6OS.H2O.H2/c1-17-12-32-33-18(2)25(17)19(3)35-21-6-7-23(28)22(11-21)26(29)20-5-8-24(31-13-20)34-15-27(16-34)9-4-10-30-14-27;1-2-4-3;;/h5-8,11-13,19,29-30H,4,9-10,14-16,28H2,1-3H3;3H,2H2,1H3;1H2;1H/t19-;;;/m1.../s1. The molecule has 0 radical (unpaired) electrons. The number of ether oxygens (including phenoxy) is 1. The van der Waals surface area contributed by atoms with Gasteiger partial charge in [0.1, 0.15) is 17.7 Å². The van der Waals surface area contributed by atoms with Gasteiger partial charge in [-0.3, -0.25) is 5.41 Å². The molecule has 2 aromatic heterocycles. The van der Waals surface area contributed by atoms with E-state index in [1.54, 1.807) is 18.5 Å². The van der Waals surface area contributed by atoms with Crippen molar-refractivity contribution in [3.05, 3.63) is 70.7 Å². The van der Waals surface area contributed by atoms with E-state index in [-0.39, 0.29) is 13.0 Å². The molecule has 0 bridgehead atoms. The van der Waals surface area contributed by atoms with Gasteiger partial charge in [0.05, 0.1) is 17.6 Å². The number of nitrogens with two attached hydrogens (primary N) is 1. The second-order valence-electron chi connectivity index (χ2n) is 10.4. The van der Waals surface area contributed by atoms with E-state index in [1.807, 2.05) is 52.0 Å². The van der Waals surface area contributed by atoms with Crippen molar-refractivity contribution in [1.29, 1.82) is 5.41 Å². The number of anilines is 2. The van der Waals surface area contributed by atoms with Crippen molar-refractivity contribution in [2.45, 2.75) is 46.6 Å². The summed E-state index contributed by atoms with van der Waals surface area (Å²) in [6.45, 7) is 12.1. The molecule has 0 saturated carbocycles. The Balaban J connectivity index is 0.000000921. The maximum atomic E-state index is 8.80. The second-order valence-corrected chi connectivity index (χ2v) is 11.2. The molecule has 1 atom stereocenters. The predicted molar refractivity (Wildman–Crippen MR) is 165 cm³/mol. The number of aromatic nitrogens is 3. The van der Waals surface area contributed by atoms with E-state index in [2.05, 4.69) is 25.4 Å². The van der Waals surface area contributed by atoms with Gasteiger partial charge in [-0.05, 0) is 88.1 Å². The highest BCUT2D eigenvalue weighted by molar-refractivity contribution is 7.93. The molecular formula is C29H43N7O3S. The van der Waals surface area contributed by atoms with Crippen LogP contribution in [0, 0.1) is 24.7 Å². The number of hydrogen-bond acceptors (Lipinski definition) is 10. The Bertz CT molecular complexity index is 1260. The predicted octanol–water partition coefficient (Wildman–Crippen LogP) is 4.45. The summed E-state index contributed by atoms with van der Waals surface area (Å²) in [5.41, 5.74) is 11.8. The molecule has 2 aliphatic rings. The summed E-state index contributed by atoms with van der Waals surface area (Å²) in [6.07, 6.45) is 5.84. The molecule has 7 N–H and O–H groups in total. The van der Waals surface area contributed by atoms with E-state index in [1.165, 1.54) is 12.8 Å². The molecule has 2 saturated heterocycles. The van der Waals surface area contributed by atoms with Crippen molar-refractivity contribution in [2.75, 3.05) is 42.6 Å². The molecule has 0 aliphatic carbocycles. The maximum Gasteiger partial charge on any atom is 0.128 e. The molecule has 40 heavy (non-hydrogen) atoms. The van der Waals surface area contributed by atoms with Crippen LogP contribution in [0.15, 0.2) is 42.7 Å². The Hall–Kier alpha value is -3.25. The van der Waals surface area contributed by atoms with Gasteiger partial charge < -0.3 is 30.7 Å². The van der Waals surface area contributed by atoms with Crippen molar-refractivity contribution >= 4 is 29.3 Å². The Morgan fingerprint density at radius 3 is 2.62 bits per heavy atom. The number of nitrogens with zero attached hydrogens (tertiary/aromatic N) is 4. The number of rotatable bonds is 7. The first-order valence-corrected chi connectivity index (χ1v) is 14.3. The van der Waals surface area contributed by atoms with Gasteiger partial charge in [-0.25, -0.2) is 4.98 Å². The van der Waals surface area contributed by atoms with E-state index in [0.29, 0.717) is 28.1 Å². The number of benzene rings is 1. The van der Waals surface area contributed by atoms with Crippen LogP contribution in [0.4, 0.5) is 11.5 Å². The Labute approximate surface area is 242 Å². The third kappa shape index (κ3) is 7.08. The topological polar surface area (TPSA) is 165 Å². The summed E-state index contributed by atoms with van der Waals surface area (Å²) >= 11 is 0.856. The summed E-state index contributed by atoms with van der Waals surface area (Å²) < 4.78 is 14.0. The molecule has 1 spiro atoms. The van der Waals surface area contributed by atoms with E-state index < -0.39 is 0 Å². The van der Waals surface area contributed by atoms with Gasteiger partial charge in [-0.15, -0.1) is 0 Å². The Morgan fingerprint density at radius 2 is 2.02 bits per heavy atom. The van der Waals surface area contributed by atoms with Gasteiger partial charge in [0.2, 0.25) is 0 Å². The van der Waals surface area contributed by atoms with Gasteiger partial charge in [0, 0.05) is 60.8 Å². The van der Waals surface area contributed by atoms with Crippen LogP contribution in [0.25, 0.3) is 0 Å². The lowest BCUT2D eigenvalue weighted by Crippen LogP contribution is -2.62. The molecule has 11 heteroatoms. The largest absolute Gasteiger partial charge is 0.486 e. The highest BCUT2D eigenvalue weighted by Gasteiger charge is 2.43.